The van der Waals surface area contributed by atoms with E-state index in [2.05, 4.69) is 10.6 Å². The molecule has 0 atom stereocenters. The Morgan fingerprint density at radius 1 is 1.44 bits per heavy atom. The standard InChI is InChI=1S/C12H14F2N2O2/c13-9-1-2-10(14)8(3-9)5-16-12(4-11(17)18)6-15-7-12/h1-3,15-16H,4-7H2,(H,17,18). The number of hydrogen-bond acceptors (Lipinski definition) is 3. The van der Waals surface area contributed by atoms with E-state index in [1.807, 2.05) is 0 Å². The number of nitrogens with one attached hydrogen (secondary N) is 2. The van der Waals surface area contributed by atoms with Crippen molar-refractivity contribution >= 4 is 5.97 Å². The largest absolute Gasteiger partial charge is 0.481 e. The first-order valence-corrected chi connectivity index (χ1v) is 5.62. The zero-order valence-electron chi connectivity index (χ0n) is 9.67. The average Bonchev–Trinajstić information content (AvgIpc) is 2.26. The zero-order chi connectivity index (χ0) is 13.2. The molecule has 1 aliphatic rings. The highest BCUT2D eigenvalue weighted by molar-refractivity contribution is 5.68. The molecule has 1 aromatic rings. The van der Waals surface area contributed by atoms with Gasteiger partial charge in [-0.15, -0.1) is 0 Å². The number of hydrogen-bond donors (Lipinski definition) is 3. The molecule has 0 amide bonds. The van der Waals surface area contributed by atoms with Gasteiger partial charge in [0.05, 0.1) is 12.0 Å². The third-order valence-electron chi connectivity index (χ3n) is 3.08. The molecular formula is C12H14F2N2O2. The number of halogens is 2. The minimum Gasteiger partial charge on any atom is -0.481 e. The lowest BCUT2D eigenvalue weighted by atomic mass is 9.88. The Kier molecular flexibility index (Phi) is 3.58. The summed E-state index contributed by atoms with van der Waals surface area (Å²) < 4.78 is 26.4. The summed E-state index contributed by atoms with van der Waals surface area (Å²) in [6.07, 6.45) is -0.0447. The highest BCUT2D eigenvalue weighted by Gasteiger charge is 2.38. The van der Waals surface area contributed by atoms with E-state index in [0.29, 0.717) is 13.1 Å². The topological polar surface area (TPSA) is 61.4 Å². The molecule has 1 aliphatic heterocycles. The van der Waals surface area contributed by atoms with Crippen molar-refractivity contribution in [1.82, 2.24) is 10.6 Å². The third kappa shape index (κ3) is 2.83. The summed E-state index contributed by atoms with van der Waals surface area (Å²) >= 11 is 0. The minimum atomic E-state index is -0.913. The second-order valence-electron chi connectivity index (χ2n) is 4.54. The molecule has 18 heavy (non-hydrogen) atoms. The van der Waals surface area contributed by atoms with Gasteiger partial charge in [0.2, 0.25) is 0 Å². The molecule has 1 fully saturated rings. The molecule has 0 aliphatic carbocycles. The van der Waals surface area contributed by atoms with Gasteiger partial charge in [0, 0.05) is 25.2 Å². The van der Waals surface area contributed by atoms with Crippen molar-refractivity contribution in [2.24, 2.45) is 0 Å². The van der Waals surface area contributed by atoms with Crippen LogP contribution in [0, 0.1) is 11.6 Å². The summed E-state index contributed by atoms with van der Waals surface area (Å²) in [6, 6.07) is 3.23. The lowest BCUT2D eigenvalue weighted by Crippen LogP contribution is -2.68. The average molecular weight is 256 g/mol. The number of carbonyl (C=O) groups is 1. The Labute approximate surface area is 103 Å². The van der Waals surface area contributed by atoms with E-state index in [-0.39, 0.29) is 18.5 Å². The number of benzene rings is 1. The fourth-order valence-corrected chi connectivity index (χ4v) is 1.99. The van der Waals surface area contributed by atoms with Gasteiger partial charge in [-0.25, -0.2) is 8.78 Å². The summed E-state index contributed by atoms with van der Waals surface area (Å²) in [4.78, 5) is 10.7. The first-order chi connectivity index (χ1) is 8.51. The van der Waals surface area contributed by atoms with Crippen molar-refractivity contribution in [3.8, 4) is 0 Å². The van der Waals surface area contributed by atoms with Gasteiger partial charge >= 0.3 is 5.97 Å². The molecule has 1 heterocycles. The summed E-state index contributed by atoms with van der Waals surface area (Å²) in [5.41, 5.74) is -0.364. The number of carboxylic acids is 1. The lowest BCUT2D eigenvalue weighted by molar-refractivity contribution is -0.139. The van der Waals surface area contributed by atoms with Gasteiger partial charge in [-0.2, -0.15) is 0 Å². The molecule has 4 nitrogen and oxygen atoms in total. The smallest absolute Gasteiger partial charge is 0.305 e. The lowest BCUT2D eigenvalue weighted by Gasteiger charge is -2.42. The first-order valence-electron chi connectivity index (χ1n) is 5.62. The van der Waals surface area contributed by atoms with Gasteiger partial charge < -0.3 is 15.7 Å². The summed E-state index contributed by atoms with van der Waals surface area (Å²) in [6.45, 7) is 1.13. The van der Waals surface area contributed by atoms with E-state index in [9.17, 15) is 13.6 Å². The maximum Gasteiger partial charge on any atom is 0.305 e. The molecule has 0 radical (unpaired) electrons. The van der Waals surface area contributed by atoms with Crippen LogP contribution in [-0.4, -0.2) is 29.7 Å². The molecule has 1 saturated heterocycles. The normalized spacial score (nSPS) is 17.2. The van der Waals surface area contributed by atoms with Crippen LogP contribution in [0.2, 0.25) is 0 Å². The van der Waals surface area contributed by atoms with Crippen molar-refractivity contribution in [3.63, 3.8) is 0 Å². The summed E-state index contributed by atoms with van der Waals surface area (Å²) in [5, 5.41) is 14.8. The van der Waals surface area contributed by atoms with Gasteiger partial charge in [-0.3, -0.25) is 4.79 Å². The van der Waals surface area contributed by atoms with Crippen molar-refractivity contribution in [2.45, 2.75) is 18.5 Å². The molecule has 2 rings (SSSR count). The highest BCUT2D eigenvalue weighted by atomic mass is 19.1. The van der Waals surface area contributed by atoms with Crippen LogP contribution in [0.5, 0.6) is 0 Å². The Balaban J connectivity index is 2.01. The second kappa shape index (κ2) is 4.99. The summed E-state index contributed by atoms with van der Waals surface area (Å²) in [5.74, 6) is -1.92. The van der Waals surface area contributed by atoms with Gasteiger partial charge in [0.25, 0.3) is 0 Å². The molecule has 3 N–H and O–H groups in total. The maximum absolute atomic E-state index is 13.4. The van der Waals surface area contributed by atoms with Crippen LogP contribution < -0.4 is 10.6 Å². The first kappa shape index (κ1) is 12.9. The predicted molar refractivity (Wildman–Crippen MR) is 61.1 cm³/mol. The van der Waals surface area contributed by atoms with E-state index in [4.69, 9.17) is 5.11 Å². The molecule has 6 heteroatoms. The van der Waals surface area contributed by atoms with Gasteiger partial charge in [-0.05, 0) is 18.2 Å². The number of rotatable bonds is 5. The Morgan fingerprint density at radius 2 is 2.17 bits per heavy atom. The van der Waals surface area contributed by atoms with Gasteiger partial charge in [0.15, 0.2) is 0 Å². The monoisotopic (exact) mass is 256 g/mol. The van der Waals surface area contributed by atoms with E-state index in [1.54, 1.807) is 0 Å². The Morgan fingerprint density at radius 3 is 2.72 bits per heavy atom. The minimum absolute atomic E-state index is 0.0447. The predicted octanol–water partition coefficient (Wildman–Crippen LogP) is 0.871. The van der Waals surface area contributed by atoms with E-state index in [1.165, 1.54) is 0 Å². The SMILES string of the molecule is O=C(O)CC1(NCc2cc(F)ccc2F)CNC1. The Hall–Kier alpha value is -1.53. The molecule has 0 bridgehead atoms. The molecule has 98 valence electrons. The van der Waals surface area contributed by atoms with Crippen molar-refractivity contribution < 1.29 is 18.7 Å². The number of carboxylic acid groups (broad SMARTS) is 1. The third-order valence-corrected chi connectivity index (χ3v) is 3.08. The van der Waals surface area contributed by atoms with Crippen LogP contribution in [0.4, 0.5) is 8.78 Å². The van der Waals surface area contributed by atoms with Crippen LogP contribution in [-0.2, 0) is 11.3 Å². The molecule has 0 saturated carbocycles. The molecule has 0 unspecified atom stereocenters. The maximum atomic E-state index is 13.4. The van der Waals surface area contributed by atoms with E-state index < -0.39 is 23.1 Å². The quantitative estimate of drug-likeness (QED) is 0.731. The van der Waals surface area contributed by atoms with Crippen LogP contribution in [0.25, 0.3) is 0 Å². The Bertz CT molecular complexity index is 461. The number of aliphatic carboxylic acids is 1. The van der Waals surface area contributed by atoms with Crippen molar-refractivity contribution in [2.75, 3.05) is 13.1 Å². The molecular weight excluding hydrogens is 242 g/mol. The van der Waals surface area contributed by atoms with Crippen LogP contribution in [0.1, 0.15) is 12.0 Å². The fraction of sp³-hybridized carbons (Fsp3) is 0.417. The van der Waals surface area contributed by atoms with E-state index in [0.717, 1.165) is 18.2 Å². The van der Waals surface area contributed by atoms with Crippen LogP contribution in [0.3, 0.4) is 0 Å². The summed E-state index contributed by atoms with van der Waals surface area (Å²) in [7, 11) is 0. The highest BCUT2D eigenvalue weighted by Crippen LogP contribution is 2.18. The zero-order valence-corrected chi connectivity index (χ0v) is 9.67. The van der Waals surface area contributed by atoms with Crippen LogP contribution in [0.15, 0.2) is 18.2 Å². The van der Waals surface area contributed by atoms with E-state index >= 15 is 0 Å². The van der Waals surface area contributed by atoms with Crippen LogP contribution >= 0.6 is 0 Å². The fourth-order valence-electron chi connectivity index (χ4n) is 1.99. The molecule has 0 aromatic heterocycles. The van der Waals surface area contributed by atoms with Crippen molar-refractivity contribution in [3.05, 3.63) is 35.4 Å². The molecule has 1 aromatic carbocycles. The van der Waals surface area contributed by atoms with Gasteiger partial charge in [-0.1, -0.05) is 0 Å². The van der Waals surface area contributed by atoms with Crippen molar-refractivity contribution in [1.29, 1.82) is 0 Å². The molecule has 0 spiro atoms. The van der Waals surface area contributed by atoms with Gasteiger partial charge in [0.1, 0.15) is 11.6 Å². The second-order valence-corrected chi connectivity index (χ2v) is 4.54.